The van der Waals surface area contributed by atoms with E-state index in [2.05, 4.69) is 5.32 Å². The Hall–Kier alpha value is -2.10. The van der Waals surface area contributed by atoms with Crippen molar-refractivity contribution in [1.29, 1.82) is 0 Å². The van der Waals surface area contributed by atoms with Crippen molar-refractivity contribution in [2.24, 2.45) is 11.1 Å². The lowest BCUT2D eigenvalue weighted by atomic mass is 9.95. The van der Waals surface area contributed by atoms with Crippen LogP contribution in [0.5, 0.6) is 0 Å². The van der Waals surface area contributed by atoms with Gasteiger partial charge in [0.2, 0.25) is 11.8 Å². The molecular weight excluding hydrogens is 228 g/mol. The van der Waals surface area contributed by atoms with Crippen molar-refractivity contribution in [3.8, 4) is 0 Å². The number of nitrogens with two attached hydrogens (primary N) is 1. The minimum Gasteiger partial charge on any atom is -0.366 e. The van der Waals surface area contributed by atoms with E-state index in [1.54, 1.807) is 30.3 Å². The first kappa shape index (κ1) is 14.0. The first-order chi connectivity index (χ1) is 8.29. The number of hydrogen-bond donors (Lipinski definition) is 2. The van der Waals surface area contributed by atoms with Crippen LogP contribution in [0, 0.1) is 5.41 Å². The van der Waals surface area contributed by atoms with E-state index in [0.29, 0.717) is 0 Å². The Labute approximate surface area is 107 Å². The van der Waals surface area contributed by atoms with Crippen LogP contribution < -0.4 is 11.1 Å². The highest BCUT2D eigenvalue weighted by molar-refractivity contribution is 5.94. The fourth-order valence-corrected chi connectivity index (χ4v) is 1.17. The summed E-state index contributed by atoms with van der Waals surface area (Å²) < 4.78 is 0. The van der Waals surface area contributed by atoms with E-state index in [-0.39, 0.29) is 5.91 Å². The monoisotopic (exact) mass is 246 g/mol. The van der Waals surface area contributed by atoms with Crippen molar-refractivity contribution < 1.29 is 9.59 Å². The average Bonchev–Trinajstić information content (AvgIpc) is 2.26. The van der Waals surface area contributed by atoms with Crippen LogP contribution in [0.4, 0.5) is 5.69 Å². The molecule has 0 spiro atoms. The lowest BCUT2D eigenvalue weighted by Gasteiger charge is -2.17. The first-order valence-corrected chi connectivity index (χ1v) is 5.68. The molecule has 0 fully saturated rings. The van der Waals surface area contributed by atoms with Crippen molar-refractivity contribution in [3.63, 3.8) is 0 Å². The number of hydrogen-bond acceptors (Lipinski definition) is 2. The molecular formula is C14H18N2O2. The number of carbonyl (C=O) groups excluding carboxylic acids is 2. The van der Waals surface area contributed by atoms with Crippen LogP contribution in [0.25, 0.3) is 6.08 Å². The summed E-state index contributed by atoms with van der Waals surface area (Å²) in [5.41, 5.74) is 6.15. The fraction of sp³-hybridized carbons (Fsp3) is 0.286. The maximum absolute atomic E-state index is 11.7. The third kappa shape index (κ3) is 4.41. The van der Waals surface area contributed by atoms with E-state index in [4.69, 9.17) is 5.73 Å². The summed E-state index contributed by atoms with van der Waals surface area (Å²) in [5.74, 6) is -0.525. The van der Waals surface area contributed by atoms with Gasteiger partial charge in [-0.05, 0) is 23.8 Å². The normalized spacial score (nSPS) is 11.5. The Morgan fingerprint density at radius 1 is 1.17 bits per heavy atom. The Bertz CT molecular complexity index is 468. The van der Waals surface area contributed by atoms with Gasteiger partial charge in [-0.25, -0.2) is 0 Å². The molecule has 0 unspecified atom stereocenters. The van der Waals surface area contributed by atoms with Gasteiger partial charge in [-0.1, -0.05) is 32.9 Å². The summed E-state index contributed by atoms with van der Waals surface area (Å²) in [6.07, 6.45) is 2.92. The van der Waals surface area contributed by atoms with Crippen molar-refractivity contribution in [3.05, 3.63) is 35.9 Å². The van der Waals surface area contributed by atoms with E-state index in [9.17, 15) is 9.59 Å². The Morgan fingerprint density at radius 3 is 2.17 bits per heavy atom. The second kappa shape index (κ2) is 5.49. The summed E-state index contributed by atoms with van der Waals surface area (Å²) in [4.78, 5) is 22.3. The van der Waals surface area contributed by atoms with Crippen molar-refractivity contribution in [2.75, 3.05) is 5.32 Å². The van der Waals surface area contributed by atoms with Gasteiger partial charge in [0, 0.05) is 17.2 Å². The van der Waals surface area contributed by atoms with E-state index >= 15 is 0 Å². The summed E-state index contributed by atoms with van der Waals surface area (Å²) in [5, 5.41) is 2.82. The van der Waals surface area contributed by atoms with E-state index < -0.39 is 11.3 Å². The van der Waals surface area contributed by atoms with Crippen molar-refractivity contribution in [2.45, 2.75) is 20.8 Å². The number of nitrogens with one attached hydrogen (secondary N) is 1. The molecule has 3 N–H and O–H groups in total. The second-order valence-corrected chi connectivity index (χ2v) is 5.06. The van der Waals surface area contributed by atoms with Gasteiger partial charge in [-0.15, -0.1) is 0 Å². The van der Waals surface area contributed by atoms with Crippen LogP contribution >= 0.6 is 0 Å². The highest BCUT2D eigenvalue weighted by Gasteiger charge is 2.20. The maximum atomic E-state index is 11.7. The lowest BCUT2D eigenvalue weighted by Crippen LogP contribution is -2.27. The Morgan fingerprint density at radius 2 is 1.72 bits per heavy atom. The molecule has 2 amide bonds. The van der Waals surface area contributed by atoms with Crippen molar-refractivity contribution >= 4 is 23.6 Å². The number of amides is 2. The Kier molecular flexibility index (Phi) is 4.26. The molecule has 0 aliphatic rings. The number of benzene rings is 1. The van der Waals surface area contributed by atoms with Gasteiger partial charge in [-0.2, -0.15) is 0 Å². The van der Waals surface area contributed by atoms with Gasteiger partial charge < -0.3 is 11.1 Å². The van der Waals surface area contributed by atoms with Crippen LogP contribution in [0.15, 0.2) is 30.3 Å². The molecule has 0 aliphatic heterocycles. The van der Waals surface area contributed by atoms with Gasteiger partial charge >= 0.3 is 0 Å². The molecule has 18 heavy (non-hydrogen) atoms. The topological polar surface area (TPSA) is 72.2 Å². The zero-order valence-electron chi connectivity index (χ0n) is 10.9. The van der Waals surface area contributed by atoms with Gasteiger partial charge in [0.15, 0.2) is 0 Å². The molecule has 1 rings (SSSR count). The zero-order valence-corrected chi connectivity index (χ0v) is 10.9. The van der Waals surface area contributed by atoms with Crippen LogP contribution in [0.1, 0.15) is 26.3 Å². The lowest BCUT2D eigenvalue weighted by molar-refractivity contribution is -0.123. The SMILES string of the molecule is CC(C)(C)C(=O)Nc1ccc(/C=C/C(N)=O)cc1. The third-order valence-electron chi connectivity index (χ3n) is 2.29. The van der Waals surface area contributed by atoms with E-state index in [1.165, 1.54) is 6.08 Å². The number of primary amides is 1. The molecule has 4 heteroatoms. The summed E-state index contributed by atoms with van der Waals surface area (Å²) in [7, 11) is 0. The number of rotatable bonds is 3. The molecule has 4 nitrogen and oxygen atoms in total. The molecule has 96 valence electrons. The van der Waals surface area contributed by atoms with E-state index in [0.717, 1.165) is 11.3 Å². The quantitative estimate of drug-likeness (QED) is 0.802. The predicted molar refractivity (Wildman–Crippen MR) is 72.8 cm³/mol. The molecule has 0 radical (unpaired) electrons. The second-order valence-electron chi connectivity index (χ2n) is 5.06. The standard InChI is InChI=1S/C14H18N2O2/c1-14(2,3)13(18)16-11-7-4-10(5-8-11)6-9-12(15)17/h4-9H,1-3H3,(H2,15,17)(H,16,18)/b9-6+. The molecule has 0 heterocycles. The predicted octanol–water partition coefficient (Wildman–Crippen LogP) is 2.17. The number of anilines is 1. The molecule has 0 aliphatic carbocycles. The molecule has 0 aromatic heterocycles. The van der Waals surface area contributed by atoms with E-state index in [1.807, 2.05) is 20.8 Å². The summed E-state index contributed by atoms with van der Waals surface area (Å²) >= 11 is 0. The molecule has 1 aromatic rings. The molecule has 0 saturated heterocycles. The molecule has 0 atom stereocenters. The molecule has 0 saturated carbocycles. The number of carbonyl (C=O) groups is 2. The largest absolute Gasteiger partial charge is 0.366 e. The highest BCUT2D eigenvalue weighted by Crippen LogP contribution is 2.17. The van der Waals surface area contributed by atoms with Crippen LogP contribution in [0.2, 0.25) is 0 Å². The van der Waals surface area contributed by atoms with Crippen LogP contribution in [-0.4, -0.2) is 11.8 Å². The Balaban J connectivity index is 2.72. The minimum absolute atomic E-state index is 0.0390. The summed E-state index contributed by atoms with van der Waals surface area (Å²) in [6.45, 7) is 5.56. The van der Waals surface area contributed by atoms with Crippen LogP contribution in [-0.2, 0) is 9.59 Å². The van der Waals surface area contributed by atoms with Gasteiger partial charge in [-0.3, -0.25) is 9.59 Å². The van der Waals surface area contributed by atoms with Gasteiger partial charge in [0.05, 0.1) is 0 Å². The van der Waals surface area contributed by atoms with Crippen molar-refractivity contribution in [1.82, 2.24) is 0 Å². The zero-order chi connectivity index (χ0) is 13.8. The third-order valence-corrected chi connectivity index (χ3v) is 2.29. The van der Waals surface area contributed by atoms with Gasteiger partial charge in [0.25, 0.3) is 0 Å². The minimum atomic E-state index is -0.486. The summed E-state index contributed by atoms with van der Waals surface area (Å²) in [6, 6.07) is 7.17. The fourth-order valence-electron chi connectivity index (χ4n) is 1.17. The maximum Gasteiger partial charge on any atom is 0.241 e. The van der Waals surface area contributed by atoms with Gasteiger partial charge in [0.1, 0.15) is 0 Å². The molecule has 0 bridgehead atoms. The smallest absolute Gasteiger partial charge is 0.241 e. The highest BCUT2D eigenvalue weighted by atomic mass is 16.2. The first-order valence-electron chi connectivity index (χ1n) is 5.68. The average molecular weight is 246 g/mol. The van der Waals surface area contributed by atoms with Crippen LogP contribution in [0.3, 0.4) is 0 Å². The molecule has 1 aromatic carbocycles.